The predicted molar refractivity (Wildman–Crippen MR) is 99.4 cm³/mol. The summed E-state index contributed by atoms with van der Waals surface area (Å²) in [5, 5.41) is 11.1. The minimum atomic E-state index is -0.0555. The highest BCUT2D eigenvalue weighted by Gasteiger charge is 2.06. The zero-order valence-electron chi connectivity index (χ0n) is 13.7. The maximum absolute atomic E-state index is 12.0. The molecule has 128 valence electrons. The van der Waals surface area contributed by atoms with Gasteiger partial charge in [-0.05, 0) is 36.1 Å². The van der Waals surface area contributed by atoms with Crippen LogP contribution in [0.2, 0.25) is 0 Å². The van der Waals surface area contributed by atoms with Crippen molar-refractivity contribution in [3.8, 4) is 0 Å². The standard InChI is InChI=1S/C17H18N6OS/c1-12-8-13(25-10-12)17(24)20-7-6-19-15-9-16(22-11-21-15)23-14-4-2-3-5-18-14/h2-5,8-11H,6-7H2,1H3,(H,20,24)(H2,18,19,21,22,23). The van der Waals surface area contributed by atoms with Gasteiger partial charge in [-0.2, -0.15) is 0 Å². The number of hydrogen-bond donors (Lipinski definition) is 3. The number of amides is 1. The van der Waals surface area contributed by atoms with Gasteiger partial charge in [0.15, 0.2) is 0 Å². The zero-order valence-corrected chi connectivity index (χ0v) is 14.5. The van der Waals surface area contributed by atoms with Crippen LogP contribution in [0.3, 0.4) is 0 Å². The molecule has 7 nitrogen and oxygen atoms in total. The Balaban J connectivity index is 1.47. The summed E-state index contributed by atoms with van der Waals surface area (Å²) >= 11 is 1.45. The van der Waals surface area contributed by atoms with E-state index in [-0.39, 0.29) is 5.91 Å². The Hall–Kier alpha value is -3.00. The molecule has 25 heavy (non-hydrogen) atoms. The molecule has 0 saturated carbocycles. The second-order valence-corrected chi connectivity index (χ2v) is 6.21. The Morgan fingerprint density at radius 2 is 1.96 bits per heavy atom. The summed E-state index contributed by atoms with van der Waals surface area (Å²) in [5.74, 6) is 1.98. The second kappa shape index (κ2) is 8.20. The molecular formula is C17H18N6OS. The molecule has 3 aromatic rings. The van der Waals surface area contributed by atoms with Gasteiger partial charge in [0.1, 0.15) is 23.8 Å². The van der Waals surface area contributed by atoms with Crippen LogP contribution in [0.15, 0.2) is 48.2 Å². The monoisotopic (exact) mass is 354 g/mol. The third-order valence-corrected chi connectivity index (χ3v) is 4.31. The first-order valence-electron chi connectivity index (χ1n) is 7.78. The van der Waals surface area contributed by atoms with Crippen LogP contribution < -0.4 is 16.0 Å². The van der Waals surface area contributed by atoms with E-state index < -0.39 is 0 Å². The van der Waals surface area contributed by atoms with Crippen LogP contribution in [-0.2, 0) is 0 Å². The van der Waals surface area contributed by atoms with Crippen molar-refractivity contribution >= 4 is 34.7 Å². The SMILES string of the molecule is Cc1csc(C(=O)NCCNc2cc(Nc3ccccn3)ncn2)c1. The lowest BCUT2D eigenvalue weighted by Crippen LogP contribution is -2.28. The van der Waals surface area contributed by atoms with E-state index >= 15 is 0 Å². The second-order valence-electron chi connectivity index (χ2n) is 5.30. The van der Waals surface area contributed by atoms with Crippen molar-refractivity contribution in [2.45, 2.75) is 6.92 Å². The molecule has 0 aliphatic rings. The van der Waals surface area contributed by atoms with Crippen molar-refractivity contribution in [2.24, 2.45) is 0 Å². The largest absolute Gasteiger partial charge is 0.368 e. The molecule has 0 unspecified atom stereocenters. The van der Waals surface area contributed by atoms with E-state index in [4.69, 9.17) is 0 Å². The first-order chi connectivity index (χ1) is 12.2. The minimum Gasteiger partial charge on any atom is -0.368 e. The van der Waals surface area contributed by atoms with Crippen molar-refractivity contribution in [1.29, 1.82) is 0 Å². The van der Waals surface area contributed by atoms with Gasteiger partial charge in [-0.25, -0.2) is 15.0 Å². The van der Waals surface area contributed by atoms with Crippen LogP contribution in [-0.4, -0.2) is 33.9 Å². The van der Waals surface area contributed by atoms with E-state index in [0.29, 0.717) is 30.5 Å². The molecule has 3 heterocycles. The number of nitrogens with one attached hydrogen (secondary N) is 3. The van der Waals surface area contributed by atoms with E-state index in [1.165, 1.54) is 17.7 Å². The molecule has 8 heteroatoms. The quantitative estimate of drug-likeness (QED) is 0.565. The molecule has 3 aromatic heterocycles. The summed E-state index contributed by atoms with van der Waals surface area (Å²) in [6.45, 7) is 3.04. The van der Waals surface area contributed by atoms with Gasteiger partial charge < -0.3 is 16.0 Å². The Bertz CT molecular complexity index is 836. The first-order valence-corrected chi connectivity index (χ1v) is 8.66. The molecule has 0 spiro atoms. The fraction of sp³-hybridized carbons (Fsp3) is 0.176. The van der Waals surface area contributed by atoms with Crippen LogP contribution >= 0.6 is 11.3 Å². The third-order valence-electron chi connectivity index (χ3n) is 3.26. The lowest BCUT2D eigenvalue weighted by atomic mass is 10.3. The van der Waals surface area contributed by atoms with Gasteiger partial charge >= 0.3 is 0 Å². The van der Waals surface area contributed by atoms with Crippen molar-refractivity contribution in [3.05, 3.63) is 58.7 Å². The van der Waals surface area contributed by atoms with E-state index in [2.05, 4.69) is 30.9 Å². The van der Waals surface area contributed by atoms with Crippen LogP contribution in [0, 0.1) is 6.92 Å². The number of rotatable bonds is 7. The topological polar surface area (TPSA) is 91.8 Å². The highest BCUT2D eigenvalue weighted by atomic mass is 32.1. The molecule has 3 N–H and O–H groups in total. The molecule has 1 amide bonds. The summed E-state index contributed by atoms with van der Waals surface area (Å²) in [6.07, 6.45) is 3.18. The molecule has 0 fully saturated rings. The van der Waals surface area contributed by atoms with Gasteiger partial charge in [-0.3, -0.25) is 4.79 Å². The normalized spacial score (nSPS) is 10.3. The average Bonchev–Trinajstić information content (AvgIpc) is 3.06. The summed E-state index contributed by atoms with van der Waals surface area (Å²) in [7, 11) is 0. The van der Waals surface area contributed by atoms with E-state index in [9.17, 15) is 4.79 Å². The first kappa shape index (κ1) is 16.8. The fourth-order valence-corrected chi connectivity index (χ4v) is 2.91. The third kappa shape index (κ3) is 4.98. The number of carbonyl (C=O) groups is 1. The van der Waals surface area contributed by atoms with Crippen molar-refractivity contribution in [1.82, 2.24) is 20.3 Å². The van der Waals surface area contributed by atoms with Crippen LogP contribution in [0.1, 0.15) is 15.2 Å². The maximum atomic E-state index is 12.0. The van der Waals surface area contributed by atoms with Crippen molar-refractivity contribution in [3.63, 3.8) is 0 Å². The molecule has 0 bridgehead atoms. The molecule has 3 rings (SSSR count). The maximum Gasteiger partial charge on any atom is 0.261 e. The van der Waals surface area contributed by atoms with Crippen LogP contribution in [0.4, 0.5) is 17.5 Å². The van der Waals surface area contributed by atoms with Crippen LogP contribution in [0.5, 0.6) is 0 Å². The van der Waals surface area contributed by atoms with Gasteiger partial charge in [-0.15, -0.1) is 11.3 Å². The number of nitrogens with zero attached hydrogens (tertiary/aromatic N) is 3. The van der Waals surface area contributed by atoms with E-state index in [0.717, 1.165) is 10.4 Å². The number of hydrogen-bond acceptors (Lipinski definition) is 7. The molecule has 0 atom stereocenters. The molecule has 0 aromatic carbocycles. The van der Waals surface area contributed by atoms with Crippen molar-refractivity contribution in [2.75, 3.05) is 23.7 Å². The number of aromatic nitrogens is 3. The molecular weight excluding hydrogens is 336 g/mol. The number of thiophene rings is 1. The number of aryl methyl sites for hydroxylation is 1. The fourth-order valence-electron chi connectivity index (χ4n) is 2.09. The Kier molecular flexibility index (Phi) is 5.53. The van der Waals surface area contributed by atoms with E-state index in [1.807, 2.05) is 36.6 Å². The smallest absolute Gasteiger partial charge is 0.261 e. The lowest BCUT2D eigenvalue weighted by Gasteiger charge is -2.08. The number of carbonyl (C=O) groups excluding carboxylic acids is 1. The summed E-state index contributed by atoms with van der Waals surface area (Å²) in [5.41, 5.74) is 1.10. The molecule has 0 saturated heterocycles. The Labute approximate surface area is 149 Å². The summed E-state index contributed by atoms with van der Waals surface area (Å²) in [6, 6.07) is 9.28. The highest BCUT2D eigenvalue weighted by molar-refractivity contribution is 7.12. The Morgan fingerprint density at radius 1 is 1.08 bits per heavy atom. The number of anilines is 3. The van der Waals surface area contributed by atoms with Gasteiger partial charge in [-0.1, -0.05) is 6.07 Å². The Morgan fingerprint density at radius 3 is 2.72 bits per heavy atom. The highest BCUT2D eigenvalue weighted by Crippen LogP contribution is 2.14. The summed E-state index contributed by atoms with van der Waals surface area (Å²) < 4.78 is 0. The molecule has 0 aliphatic heterocycles. The molecule has 0 radical (unpaired) electrons. The lowest BCUT2D eigenvalue weighted by molar-refractivity contribution is 0.0959. The van der Waals surface area contributed by atoms with Gasteiger partial charge in [0.25, 0.3) is 5.91 Å². The minimum absolute atomic E-state index is 0.0555. The average molecular weight is 354 g/mol. The van der Waals surface area contributed by atoms with E-state index in [1.54, 1.807) is 12.3 Å². The summed E-state index contributed by atoms with van der Waals surface area (Å²) in [4.78, 5) is 25.2. The van der Waals surface area contributed by atoms with Crippen molar-refractivity contribution < 1.29 is 4.79 Å². The van der Waals surface area contributed by atoms with Gasteiger partial charge in [0.2, 0.25) is 0 Å². The molecule has 0 aliphatic carbocycles. The van der Waals surface area contributed by atoms with Gasteiger partial charge in [0.05, 0.1) is 4.88 Å². The van der Waals surface area contributed by atoms with Crippen LogP contribution in [0.25, 0.3) is 0 Å². The predicted octanol–water partition coefficient (Wildman–Crippen LogP) is 2.83. The van der Waals surface area contributed by atoms with Gasteiger partial charge in [0, 0.05) is 25.4 Å². The zero-order chi connectivity index (χ0) is 17.5. The number of pyridine rings is 1.